The van der Waals surface area contributed by atoms with Crippen molar-refractivity contribution in [1.29, 1.82) is 0 Å². The lowest BCUT2D eigenvalue weighted by atomic mass is 10.1. The average molecular weight is 699 g/mol. The Morgan fingerprint density at radius 2 is 0.938 bits per heavy atom. The monoisotopic (exact) mass is 698 g/mol. The van der Waals surface area contributed by atoms with Gasteiger partial charge in [-0.1, -0.05) is 134 Å². The second-order valence-corrected chi connectivity index (χ2v) is 14.1. The van der Waals surface area contributed by atoms with Gasteiger partial charge in [0.1, 0.15) is 6.61 Å². The normalized spacial score (nSPS) is 12.8. The van der Waals surface area contributed by atoms with E-state index in [2.05, 4.69) is 54.8 Å². The third-order valence-corrected chi connectivity index (χ3v) is 8.62. The summed E-state index contributed by atoms with van der Waals surface area (Å²) in [5.74, 6) is -0.928. The largest absolute Gasteiger partial charge is 0.469 e. The van der Waals surface area contributed by atoms with Gasteiger partial charge in [-0.25, -0.2) is 4.57 Å². The van der Waals surface area contributed by atoms with Crippen molar-refractivity contribution in [3.8, 4) is 0 Å². The second kappa shape index (κ2) is 35.1. The number of unbranched alkanes of at least 4 members (excludes halogenated alkanes) is 19. The Bertz CT molecular complexity index is 879. The second-order valence-electron chi connectivity index (χ2n) is 12.9. The Labute approximate surface area is 293 Å². The molecule has 0 saturated carbocycles. The number of phosphoric acid groups is 1. The molecular weight excluding hydrogens is 627 g/mol. The van der Waals surface area contributed by atoms with Gasteiger partial charge in [-0.15, -0.1) is 0 Å². The summed E-state index contributed by atoms with van der Waals surface area (Å²) >= 11 is 0. The fourth-order valence-electron chi connectivity index (χ4n) is 5.22. The molecule has 280 valence electrons. The molecule has 0 bridgehead atoms. The number of allylic oxidation sites excluding steroid dienone is 6. The zero-order chi connectivity index (χ0) is 35.4. The first-order valence-electron chi connectivity index (χ1n) is 19.3. The van der Waals surface area contributed by atoms with Crippen molar-refractivity contribution in [3.63, 3.8) is 0 Å². The summed E-state index contributed by atoms with van der Waals surface area (Å²) in [7, 11) is -4.76. The smallest absolute Gasteiger partial charge is 0.462 e. The summed E-state index contributed by atoms with van der Waals surface area (Å²) < 4.78 is 26.3. The van der Waals surface area contributed by atoms with E-state index in [9.17, 15) is 14.2 Å². The van der Waals surface area contributed by atoms with Gasteiger partial charge in [0.2, 0.25) is 0 Å². The zero-order valence-electron chi connectivity index (χ0n) is 30.6. The minimum Gasteiger partial charge on any atom is -0.462 e. The fraction of sp³-hybridized carbons (Fsp3) is 0.795. The van der Waals surface area contributed by atoms with E-state index in [0.29, 0.717) is 12.8 Å². The number of ether oxygens (including phenoxy) is 2. The Morgan fingerprint density at radius 3 is 1.46 bits per heavy atom. The molecule has 0 aromatic rings. The number of carbonyl (C=O) groups is 2. The molecular formula is C39H71O8P. The molecule has 0 unspecified atom stereocenters. The summed E-state index contributed by atoms with van der Waals surface area (Å²) in [4.78, 5) is 42.7. The molecule has 0 aliphatic heterocycles. The van der Waals surface area contributed by atoms with E-state index in [0.717, 1.165) is 51.4 Å². The molecule has 0 spiro atoms. The van der Waals surface area contributed by atoms with Gasteiger partial charge >= 0.3 is 19.8 Å². The van der Waals surface area contributed by atoms with E-state index in [1.807, 2.05) is 0 Å². The third kappa shape index (κ3) is 37.1. The van der Waals surface area contributed by atoms with Crippen molar-refractivity contribution < 1.29 is 37.9 Å². The average Bonchev–Trinajstić information content (AvgIpc) is 3.05. The standard InChI is InChI=1S/C39H71O8P/c1-3-5-7-9-11-13-15-17-19-21-23-25-27-29-31-33-38(40)45-35-37(36-46-48(42,43)44)47-39(41)34-32-30-28-26-24-22-20-18-16-14-12-10-8-6-4-2/h14,16-17,19,23,25,37H,3-13,15,18,20-22,24,26-36H2,1-2H3,(H2,42,43,44)/b16-14+,19-17+,25-23+/t37-/m1/s1. The van der Waals surface area contributed by atoms with Crippen molar-refractivity contribution in [3.05, 3.63) is 36.5 Å². The van der Waals surface area contributed by atoms with Gasteiger partial charge in [0, 0.05) is 12.8 Å². The van der Waals surface area contributed by atoms with Gasteiger partial charge in [-0.05, 0) is 70.6 Å². The summed E-state index contributed by atoms with van der Waals surface area (Å²) in [6.45, 7) is 3.62. The van der Waals surface area contributed by atoms with Gasteiger partial charge < -0.3 is 19.3 Å². The van der Waals surface area contributed by atoms with Crippen LogP contribution in [0.4, 0.5) is 0 Å². The molecule has 2 N–H and O–H groups in total. The SMILES string of the molecule is CCCCCC/C=C/CCCCCCCCCC(=O)O[C@H](COC(=O)CCCC/C=C/C/C=C/CCCCCCCC)COP(=O)(O)O. The predicted octanol–water partition coefficient (Wildman–Crippen LogP) is 11.4. The molecule has 0 aliphatic rings. The molecule has 0 saturated heterocycles. The van der Waals surface area contributed by atoms with Crippen molar-refractivity contribution in [2.75, 3.05) is 13.2 Å². The Morgan fingerprint density at radius 1 is 0.542 bits per heavy atom. The lowest BCUT2D eigenvalue weighted by Gasteiger charge is -2.18. The molecule has 48 heavy (non-hydrogen) atoms. The summed E-state index contributed by atoms with van der Waals surface area (Å²) in [6, 6.07) is 0. The van der Waals surface area contributed by atoms with Gasteiger partial charge in [0.25, 0.3) is 0 Å². The van der Waals surface area contributed by atoms with Crippen LogP contribution in [0.5, 0.6) is 0 Å². The maximum atomic E-state index is 12.4. The summed E-state index contributed by atoms with van der Waals surface area (Å²) in [5, 5.41) is 0. The topological polar surface area (TPSA) is 119 Å². The number of hydrogen-bond donors (Lipinski definition) is 2. The minimum absolute atomic E-state index is 0.200. The Kier molecular flexibility index (Phi) is 33.8. The Hall–Kier alpha value is -1.73. The number of hydrogen-bond acceptors (Lipinski definition) is 6. The molecule has 0 amide bonds. The highest BCUT2D eigenvalue weighted by Crippen LogP contribution is 2.36. The molecule has 0 aliphatic carbocycles. The maximum Gasteiger partial charge on any atom is 0.469 e. The number of esters is 2. The van der Waals surface area contributed by atoms with Crippen LogP contribution in [-0.2, 0) is 28.2 Å². The minimum atomic E-state index is -4.76. The van der Waals surface area contributed by atoms with Gasteiger partial charge in [0.15, 0.2) is 6.10 Å². The molecule has 0 aromatic heterocycles. The molecule has 0 rings (SSSR count). The van der Waals surface area contributed by atoms with Crippen LogP contribution in [0.1, 0.15) is 181 Å². The van der Waals surface area contributed by atoms with Crippen LogP contribution in [0.2, 0.25) is 0 Å². The van der Waals surface area contributed by atoms with E-state index in [1.165, 1.54) is 89.9 Å². The lowest BCUT2D eigenvalue weighted by molar-refractivity contribution is -0.161. The summed E-state index contributed by atoms with van der Waals surface area (Å²) in [6.07, 6.45) is 40.1. The number of phosphoric ester groups is 1. The molecule has 0 fully saturated rings. The zero-order valence-corrected chi connectivity index (χ0v) is 31.5. The highest BCUT2D eigenvalue weighted by molar-refractivity contribution is 7.46. The van der Waals surface area contributed by atoms with E-state index < -0.39 is 32.5 Å². The molecule has 9 heteroatoms. The van der Waals surface area contributed by atoms with Crippen LogP contribution >= 0.6 is 7.82 Å². The first kappa shape index (κ1) is 46.3. The van der Waals surface area contributed by atoms with Crippen molar-refractivity contribution in [2.24, 2.45) is 0 Å². The maximum absolute atomic E-state index is 12.4. The number of rotatable bonds is 35. The van der Waals surface area contributed by atoms with Crippen LogP contribution in [0.3, 0.4) is 0 Å². The predicted molar refractivity (Wildman–Crippen MR) is 198 cm³/mol. The van der Waals surface area contributed by atoms with Crippen molar-refractivity contribution in [2.45, 2.75) is 187 Å². The summed E-state index contributed by atoms with van der Waals surface area (Å²) in [5.41, 5.74) is 0. The van der Waals surface area contributed by atoms with E-state index >= 15 is 0 Å². The van der Waals surface area contributed by atoms with Crippen molar-refractivity contribution >= 4 is 19.8 Å². The number of carbonyl (C=O) groups excluding carboxylic acids is 2. The van der Waals surface area contributed by atoms with Gasteiger partial charge in [0.05, 0.1) is 6.61 Å². The van der Waals surface area contributed by atoms with E-state index in [1.54, 1.807) is 0 Å². The first-order chi connectivity index (χ1) is 23.3. The van der Waals surface area contributed by atoms with Gasteiger partial charge in [-0.3, -0.25) is 14.1 Å². The van der Waals surface area contributed by atoms with E-state index in [-0.39, 0.29) is 19.4 Å². The highest BCUT2D eigenvalue weighted by atomic mass is 31.2. The van der Waals surface area contributed by atoms with Crippen molar-refractivity contribution in [1.82, 2.24) is 0 Å². The fourth-order valence-corrected chi connectivity index (χ4v) is 5.58. The quantitative estimate of drug-likeness (QED) is 0.0290. The van der Waals surface area contributed by atoms with E-state index in [4.69, 9.17) is 19.3 Å². The molecule has 0 aromatic carbocycles. The third-order valence-electron chi connectivity index (χ3n) is 8.13. The first-order valence-corrected chi connectivity index (χ1v) is 20.8. The highest BCUT2D eigenvalue weighted by Gasteiger charge is 2.22. The van der Waals surface area contributed by atoms with Crippen LogP contribution in [-0.4, -0.2) is 41.0 Å². The molecule has 1 atom stereocenters. The van der Waals surface area contributed by atoms with Crippen LogP contribution < -0.4 is 0 Å². The van der Waals surface area contributed by atoms with Crippen LogP contribution in [0, 0.1) is 0 Å². The van der Waals surface area contributed by atoms with Crippen LogP contribution in [0.25, 0.3) is 0 Å². The van der Waals surface area contributed by atoms with Crippen LogP contribution in [0.15, 0.2) is 36.5 Å². The molecule has 0 radical (unpaired) electrons. The Balaban J connectivity index is 4.02. The lowest BCUT2D eigenvalue weighted by Crippen LogP contribution is -2.29. The van der Waals surface area contributed by atoms with Gasteiger partial charge in [-0.2, -0.15) is 0 Å². The molecule has 8 nitrogen and oxygen atoms in total. The molecule has 0 heterocycles.